The number of benzene rings is 2. The molecule has 5 fully saturated rings. The third-order valence-corrected chi connectivity index (χ3v) is 16.7. The number of aliphatic hydroxyl groups is 6. The van der Waals surface area contributed by atoms with Crippen LogP contribution in [0.15, 0.2) is 12.1 Å². The molecule has 6 aliphatic rings. The molecule has 5 aliphatic heterocycles. The molecule has 2 aromatic rings. The second kappa shape index (κ2) is 26.4. The maximum atomic E-state index is 15.0. The molecule has 0 unspecified atom stereocenters. The highest BCUT2D eigenvalue weighted by molar-refractivity contribution is 6.11. The number of aromatic hydroxyl groups is 2. The molecule has 8 rings (SSSR count). The number of Topliss-reactive ketones (excluding diaryl/α,β-unsaturated/α-hetero) is 2. The molecule has 2 aromatic carbocycles. The van der Waals surface area contributed by atoms with Gasteiger partial charge in [0.1, 0.15) is 65.6 Å². The summed E-state index contributed by atoms with van der Waals surface area (Å²) in [7, 11) is 2.64. The lowest BCUT2D eigenvalue weighted by Gasteiger charge is -2.46. The van der Waals surface area contributed by atoms with Crippen LogP contribution >= 0.6 is 0 Å². The lowest BCUT2D eigenvalue weighted by Crippen LogP contribution is -2.59. The summed E-state index contributed by atoms with van der Waals surface area (Å²) in [5, 5.41) is 89.9. The molecule has 0 bridgehead atoms. The highest BCUT2D eigenvalue weighted by Gasteiger charge is 2.52. The van der Waals surface area contributed by atoms with E-state index in [-0.39, 0.29) is 71.7 Å². The zero-order chi connectivity index (χ0) is 60.8. The average molecular weight is 1180 g/mol. The van der Waals surface area contributed by atoms with Gasteiger partial charge in [-0.25, -0.2) is 0 Å². The molecule has 0 saturated carbocycles. The van der Waals surface area contributed by atoms with Crippen LogP contribution in [0, 0.1) is 12.8 Å². The number of methoxy groups -OCH3 is 2. The summed E-state index contributed by atoms with van der Waals surface area (Å²) in [5.41, 5.74) is -1.48. The Morgan fingerprint density at radius 3 is 1.84 bits per heavy atom. The Morgan fingerprint density at radius 1 is 0.687 bits per heavy atom. The van der Waals surface area contributed by atoms with Gasteiger partial charge in [-0.3, -0.25) is 19.2 Å². The number of rotatable bonds is 18. The summed E-state index contributed by atoms with van der Waals surface area (Å²) in [6.07, 6.45) is -25.5. The van der Waals surface area contributed by atoms with Crippen molar-refractivity contribution < 1.29 is 126 Å². The van der Waals surface area contributed by atoms with Gasteiger partial charge in [-0.15, -0.1) is 0 Å². The minimum atomic E-state index is -1.95. The van der Waals surface area contributed by atoms with Crippen molar-refractivity contribution in [1.82, 2.24) is 0 Å². The number of hydrogen-bond acceptors (Lipinski definition) is 26. The number of aliphatic hydroxyl groups excluding tert-OH is 5. The lowest BCUT2D eigenvalue weighted by atomic mass is 9.75. The first-order valence-corrected chi connectivity index (χ1v) is 28.2. The van der Waals surface area contributed by atoms with Gasteiger partial charge in [0.2, 0.25) is 6.29 Å². The van der Waals surface area contributed by atoms with Gasteiger partial charge in [0, 0.05) is 71.7 Å². The summed E-state index contributed by atoms with van der Waals surface area (Å²) in [4.78, 5) is 53.0. The average Bonchev–Trinajstić information content (AvgIpc) is 1.47. The van der Waals surface area contributed by atoms with E-state index in [1.807, 2.05) is 0 Å². The van der Waals surface area contributed by atoms with Gasteiger partial charge in [0.25, 0.3) is 0 Å². The number of hydrogen-bond donors (Lipinski definition) is 8. The molecule has 0 radical (unpaired) electrons. The second-order valence-corrected chi connectivity index (χ2v) is 23.1. The summed E-state index contributed by atoms with van der Waals surface area (Å²) in [6, 6.07) is 3.04. The van der Waals surface area contributed by atoms with E-state index < -0.39 is 188 Å². The third kappa shape index (κ3) is 13.9. The van der Waals surface area contributed by atoms with Crippen LogP contribution in [-0.2, 0) is 82.4 Å². The first-order chi connectivity index (χ1) is 39.0. The highest BCUT2D eigenvalue weighted by Crippen LogP contribution is 2.48. The van der Waals surface area contributed by atoms with Gasteiger partial charge >= 0.3 is 11.9 Å². The molecule has 0 amide bonds. The van der Waals surface area contributed by atoms with Crippen molar-refractivity contribution in [2.75, 3.05) is 14.2 Å². The van der Waals surface area contributed by atoms with Crippen LogP contribution in [0.1, 0.15) is 116 Å². The number of esters is 2. The van der Waals surface area contributed by atoms with Gasteiger partial charge in [-0.1, -0.05) is 0 Å². The second-order valence-electron chi connectivity index (χ2n) is 23.1. The number of ketones is 2. The smallest absolute Gasteiger partial charge is 0.303 e. The zero-order valence-electron chi connectivity index (χ0n) is 48.7. The summed E-state index contributed by atoms with van der Waals surface area (Å²) >= 11 is 0. The molecule has 5 heterocycles. The number of carbonyl (C=O) groups excluding carboxylic acids is 4. The van der Waals surface area contributed by atoms with Crippen LogP contribution in [0.2, 0.25) is 0 Å². The van der Waals surface area contributed by atoms with Gasteiger partial charge in [-0.2, -0.15) is 0 Å². The molecule has 1 aliphatic carbocycles. The molecular weight excluding hydrogens is 1100 g/mol. The number of phenols is 2. The van der Waals surface area contributed by atoms with E-state index in [4.69, 9.17) is 66.3 Å². The predicted octanol–water partition coefficient (Wildman–Crippen LogP) is 1.55. The maximum Gasteiger partial charge on any atom is 0.303 e. The maximum absolute atomic E-state index is 15.0. The van der Waals surface area contributed by atoms with E-state index in [0.717, 1.165) is 0 Å². The molecular formula is C57H82O26. The quantitative estimate of drug-likeness (QED) is 0.0982. The van der Waals surface area contributed by atoms with Crippen LogP contribution in [0.5, 0.6) is 17.2 Å². The van der Waals surface area contributed by atoms with E-state index in [0.29, 0.717) is 0 Å². The number of phenolic OH excluding ortho intramolecular Hbond substituents is 2. The monoisotopic (exact) mass is 1180 g/mol. The molecule has 0 spiro atoms. The van der Waals surface area contributed by atoms with Crippen LogP contribution in [0.3, 0.4) is 0 Å². The van der Waals surface area contributed by atoms with E-state index >= 15 is 4.79 Å². The molecule has 5 saturated heterocycles. The molecule has 8 N–H and O–H groups in total. The van der Waals surface area contributed by atoms with Crippen molar-refractivity contribution in [3.63, 3.8) is 0 Å². The van der Waals surface area contributed by atoms with Crippen LogP contribution < -0.4 is 4.74 Å². The zero-order valence-corrected chi connectivity index (χ0v) is 48.7. The van der Waals surface area contributed by atoms with Crippen LogP contribution in [0.4, 0.5) is 0 Å². The van der Waals surface area contributed by atoms with Crippen molar-refractivity contribution in [2.45, 2.75) is 255 Å². The first-order valence-electron chi connectivity index (χ1n) is 28.2. The Bertz CT molecular complexity index is 2620. The Labute approximate surface area is 480 Å². The summed E-state index contributed by atoms with van der Waals surface area (Å²) in [6.45, 7) is 14.8. The first kappa shape index (κ1) is 64.7. The Hall–Kier alpha value is -4.30. The third-order valence-electron chi connectivity index (χ3n) is 16.7. The van der Waals surface area contributed by atoms with Crippen molar-refractivity contribution >= 4 is 34.3 Å². The summed E-state index contributed by atoms with van der Waals surface area (Å²) in [5.74, 6) is -5.27. The Kier molecular flexibility index (Phi) is 20.5. The fourth-order valence-corrected chi connectivity index (χ4v) is 12.4. The Balaban J connectivity index is 1.01. The van der Waals surface area contributed by atoms with E-state index in [1.165, 1.54) is 61.0 Å². The fraction of sp³-hybridized carbons (Fsp3) is 0.754. The van der Waals surface area contributed by atoms with E-state index in [1.54, 1.807) is 34.6 Å². The molecule has 83 heavy (non-hydrogen) atoms. The van der Waals surface area contributed by atoms with Gasteiger partial charge < -0.3 is 107 Å². The SMILES string of the molecule is CO[C@H](C(=O)[C@@H](O)[C@@H](C)O)[C@@H]1Cc2cc3cc(O[C@H]4C[C@@H](O[C@H]5C[C@@H](OC)[C@H](O)[C@@H](C)O5)[C@H](OC(C)=O)[C@@H](C)O4)c(C)c(O)c3c(O)c2C(=O)[C@@H]1O[C@H]1C[C@@H](O)[C@@H](O[C@H]2C[C@@H](O[C@H]3C[C@](C)(O)[C@H](OC(C)=O)[C@@H](C)O3)[C@@H](O)[C@@H](C)O2)[C@@H](C)O1. The van der Waals surface area contributed by atoms with Gasteiger partial charge in [0.05, 0.1) is 65.9 Å². The van der Waals surface area contributed by atoms with Crippen LogP contribution in [-0.4, -0.2) is 225 Å². The fourth-order valence-electron chi connectivity index (χ4n) is 12.4. The topological polar surface area (TPSA) is 359 Å². The number of ether oxygens (including phenoxy) is 14. The van der Waals surface area contributed by atoms with E-state index in [2.05, 4.69) is 0 Å². The number of carbonyl (C=O) groups is 4. The lowest BCUT2D eigenvalue weighted by molar-refractivity contribution is -0.337. The van der Waals surface area contributed by atoms with Crippen molar-refractivity contribution in [3.8, 4) is 17.2 Å². The van der Waals surface area contributed by atoms with E-state index in [9.17, 15) is 55.2 Å². The molecule has 466 valence electrons. The van der Waals surface area contributed by atoms with Crippen molar-refractivity contribution in [1.29, 1.82) is 0 Å². The minimum Gasteiger partial charge on any atom is -0.507 e. The van der Waals surface area contributed by atoms with Crippen LogP contribution in [0.25, 0.3) is 10.8 Å². The molecule has 0 aromatic heterocycles. The highest BCUT2D eigenvalue weighted by atomic mass is 16.7. The normalized spacial score (nSPS) is 39.7. The largest absolute Gasteiger partial charge is 0.507 e. The predicted molar refractivity (Wildman–Crippen MR) is 282 cm³/mol. The van der Waals surface area contributed by atoms with Crippen molar-refractivity contribution in [3.05, 3.63) is 28.8 Å². The number of fused-ring (bicyclic) bond motifs is 2. The summed E-state index contributed by atoms with van der Waals surface area (Å²) < 4.78 is 84.1. The molecule has 26 nitrogen and oxygen atoms in total. The standard InChI is InChI=1S/C57H82O26/c1-21-34(79-40-19-37(53(26(6)75-40)77-28(8)59)81-39-17-35(70-11)47(64)23(3)72-39)15-31-13-30-14-32(54(71-12)51(68)46(63)22(2)58)55(50(67)44(30)49(66)43(31)45(21)62)83-38-16-33(61)52(25(5)74-38)82-41-18-36(48(65)24(4)73-41)80-42-20-57(10,69)56(27(7)76-42)78-29(9)60/h13,15,22-27,32-33,35-42,46-48,52-56,58,61-66,69H,14,16-20H2,1-12H3/t22-,23-,24-,25-,26-,27-,32+,33-,35-,36-,37-,38+,39+,40+,41+,42+,46+,47-,48+,52+,53-,54+,55-,56-,57+/m1/s1. The van der Waals surface area contributed by atoms with Gasteiger partial charge in [0.15, 0.2) is 48.9 Å². The molecule has 25 atom stereocenters. The Morgan fingerprint density at radius 2 is 1.24 bits per heavy atom. The minimum absolute atomic E-state index is 0.0122. The molecule has 26 heteroatoms. The van der Waals surface area contributed by atoms with Gasteiger partial charge in [-0.05, 0) is 84.9 Å². The van der Waals surface area contributed by atoms with Crippen molar-refractivity contribution in [2.24, 2.45) is 5.92 Å².